The Morgan fingerprint density at radius 2 is 2.50 bits per heavy atom. The largest absolute Gasteiger partial charge is 0.388 e. The summed E-state index contributed by atoms with van der Waals surface area (Å²) < 4.78 is 7.13. The molecule has 0 aromatic carbocycles. The van der Waals surface area contributed by atoms with Gasteiger partial charge in [-0.3, -0.25) is 4.68 Å². The monoisotopic (exact) mass is 196 g/mol. The molecule has 14 heavy (non-hydrogen) atoms. The van der Waals surface area contributed by atoms with Crippen LogP contribution in [0, 0.1) is 5.92 Å². The van der Waals surface area contributed by atoms with Crippen molar-refractivity contribution in [2.24, 2.45) is 13.0 Å². The minimum atomic E-state index is -0.436. The molecule has 1 saturated heterocycles. The van der Waals surface area contributed by atoms with Crippen LogP contribution in [0.5, 0.6) is 0 Å². The number of hydrogen-bond acceptors (Lipinski definition) is 3. The second kappa shape index (κ2) is 3.71. The zero-order chi connectivity index (χ0) is 10.1. The van der Waals surface area contributed by atoms with E-state index in [0.717, 1.165) is 12.0 Å². The number of ether oxygens (including phenoxy) is 1. The van der Waals surface area contributed by atoms with Gasteiger partial charge in [-0.25, -0.2) is 0 Å². The predicted octanol–water partition coefficient (Wildman–Crippen LogP) is 0.879. The highest BCUT2D eigenvalue weighted by atomic mass is 16.5. The van der Waals surface area contributed by atoms with Gasteiger partial charge in [0, 0.05) is 24.7 Å². The van der Waals surface area contributed by atoms with E-state index in [1.165, 1.54) is 0 Å². The molecule has 0 aliphatic carbocycles. The van der Waals surface area contributed by atoms with Crippen molar-refractivity contribution in [3.63, 3.8) is 0 Å². The van der Waals surface area contributed by atoms with Gasteiger partial charge in [0.05, 0.1) is 25.0 Å². The molecule has 1 aromatic heterocycles. The highest BCUT2D eigenvalue weighted by Gasteiger charge is 2.29. The van der Waals surface area contributed by atoms with Gasteiger partial charge < -0.3 is 9.84 Å². The van der Waals surface area contributed by atoms with E-state index in [2.05, 4.69) is 5.10 Å². The van der Waals surface area contributed by atoms with Crippen LogP contribution in [-0.4, -0.2) is 27.6 Å². The van der Waals surface area contributed by atoms with Gasteiger partial charge in [0.25, 0.3) is 0 Å². The molecule has 0 bridgehead atoms. The lowest BCUT2D eigenvalue weighted by atomic mass is 9.96. The van der Waals surface area contributed by atoms with Crippen LogP contribution in [0.3, 0.4) is 0 Å². The van der Waals surface area contributed by atoms with E-state index < -0.39 is 6.10 Å². The Morgan fingerprint density at radius 1 is 1.71 bits per heavy atom. The van der Waals surface area contributed by atoms with Gasteiger partial charge in [0.15, 0.2) is 0 Å². The van der Waals surface area contributed by atoms with Crippen molar-refractivity contribution < 1.29 is 9.84 Å². The smallest absolute Gasteiger partial charge is 0.0871 e. The quantitative estimate of drug-likeness (QED) is 0.763. The van der Waals surface area contributed by atoms with Crippen LogP contribution in [0.1, 0.15) is 25.0 Å². The molecule has 0 amide bonds. The predicted molar refractivity (Wildman–Crippen MR) is 51.7 cm³/mol. The summed E-state index contributed by atoms with van der Waals surface area (Å²) in [5, 5.41) is 14.1. The fourth-order valence-electron chi connectivity index (χ4n) is 1.94. The molecule has 78 valence electrons. The molecule has 3 atom stereocenters. The van der Waals surface area contributed by atoms with Gasteiger partial charge in [0.1, 0.15) is 0 Å². The molecular formula is C10H16N2O2. The number of hydrogen-bond donors (Lipinski definition) is 1. The third-order valence-corrected chi connectivity index (χ3v) is 2.74. The SMILES string of the molecule is CC1CC(C(O)c2cnn(C)c2)CO1. The number of aromatic nitrogens is 2. The van der Waals surface area contributed by atoms with Crippen molar-refractivity contribution >= 4 is 0 Å². The van der Waals surface area contributed by atoms with Crippen molar-refractivity contribution in [1.29, 1.82) is 0 Å². The van der Waals surface area contributed by atoms with Gasteiger partial charge in [-0.1, -0.05) is 0 Å². The van der Waals surface area contributed by atoms with E-state index in [9.17, 15) is 5.11 Å². The third-order valence-electron chi connectivity index (χ3n) is 2.74. The maximum atomic E-state index is 10.0. The van der Waals surface area contributed by atoms with E-state index in [0.29, 0.717) is 6.61 Å². The van der Waals surface area contributed by atoms with Crippen molar-refractivity contribution in [2.75, 3.05) is 6.61 Å². The molecular weight excluding hydrogens is 180 g/mol. The van der Waals surface area contributed by atoms with Crippen LogP contribution >= 0.6 is 0 Å². The number of nitrogens with zero attached hydrogens (tertiary/aromatic N) is 2. The summed E-state index contributed by atoms with van der Waals surface area (Å²) in [7, 11) is 1.85. The van der Waals surface area contributed by atoms with Crippen molar-refractivity contribution in [1.82, 2.24) is 9.78 Å². The van der Waals surface area contributed by atoms with Crippen molar-refractivity contribution in [3.05, 3.63) is 18.0 Å². The second-order valence-electron chi connectivity index (χ2n) is 4.03. The second-order valence-corrected chi connectivity index (χ2v) is 4.03. The average Bonchev–Trinajstić information content (AvgIpc) is 2.73. The van der Waals surface area contributed by atoms with Crippen LogP contribution in [0.25, 0.3) is 0 Å². The minimum Gasteiger partial charge on any atom is -0.388 e. The maximum absolute atomic E-state index is 10.0. The van der Waals surface area contributed by atoms with Gasteiger partial charge >= 0.3 is 0 Å². The topological polar surface area (TPSA) is 47.3 Å². The lowest BCUT2D eigenvalue weighted by molar-refractivity contribution is 0.0803. The highest BCUT2D eigenvalue weighted by Crippen LogP contribution is 2.30. The van der Waals surface area contributed by atoms with E-state index in [1.54, 1.807) is 10.9 Å². The number of rotatable bonds is 2. The maximum Gasteiger partial charge on any atom is 0.0871 e. The van der Waals surface area contributed by atoms with Crippen LogP contribution in [0.2, 0.25) is 0 Å². The molecule has 0 saturated carbocycles. The summed E-state index contributed by atoms with van der Waals surface area (Å²) in [5.41, 5.74) is 0.884. The lowest BCUT2D eigenvalue weighted by Crippen LogP contribution is -2.12. The molecule has 1 aliphatic heterocycles. The molecule has 0 radical (unpaired) electrons. The number of aliphatic hydroxyl groups excluding tert-OH is 1. The van der Waals surface area contributed by atoms with Crippen molar-refractivity contribution in [3.8, 4) is 0 Å². The number of aliphatic hydroxyl groups is 1. The normalized spacial score (nSPS) is 29.4. The number of aryl methyl sites for hydroxylation is 1. The van der Waals surface area contributed by atoms with Crippen LogP contribution in [-0.2, 0) is 11.8 Å². The molecule has 2 heterocycles. The van der Waals surface area contributed by atoms with Crippen LogP contribution < -0.4 is 0 Å². The fraction of sp³-hybridized carbons (Fsp3) is 0.700. The average molecular weight is 196 g/mol. The summed E-state index contributed by atoms with van der Waals surface area (Å²) in [6.07, 6.45) is 4.33. The zero-order valence-electron chi connectivity index (χ0n) is 8.55. The van der Waals surface area contributed by atoms with E-state index in [4.69, 9.17) is 4.74 Å². The van der Waals surface area contributed by atoms with E-state index >= 15 is 0 Å². The Morgan fingerprint density at radius 3 is 3.00 bits per heavy atom. The molecule has 0 spiro atoms. The van der Waals surface area contributed by atoms with E-state index in [1.807, 2.05) is 20.2 Å². The van der Waals surface area contributed by atoms with Gasteiger partial charge in [-0.05, 0) is 13.3 Å². The summed E-state index contributed by atoms with van der Waals surface area (Å²) in [5.74, 6) is 0.217. The molecule has 1 fully saturated rings. The first kappa shape index (κ1) is 9.68. The Kier molecular flexibility index (Phi) is 2.56. The standard InChI is InChI=1S/C10H16N2O2/c1-7-3-8(6-14-7)10(13)9-4-11-12(2)5-9/h4-5,7-8,10,13H,3,6H2,1-2H3. The lowest BCUT2D eigenvalue weighted by Gasteiger charge is -2.14. The summed E-state index contributed by atoms with van der Waals surface area (Å²) in [4.78, 5) is 0. The Balaban J connectivity index is 2.05. The summed E-state index contributed by atoms with van der Waals surface area (Å²) in [6, 6.07) is 0. The molecule has 4 nitrogen and oxygen atoms in total. The summed E-state index contributed by atoms with van der Waals surface area (Å²) in [6.45, 7) is 2.69. The molecule has 3 unspecified atom stereocenters. The summed E-state index contributed by atoms with van der Waals surface area (Å²) >= 11 is 0. The Hall–Kier alpha value is -0.870. The zero-order valence-corrected chi connectivity index (χ0v) is 8.55. The molecule has 1 N–H and O–H groups in total. The fourth-order valence-corrected chi connectivity index (χ4v) is 1.94. The first-order valence-electron chi connectivity index (χ1n) is 4.95. The third kappa shape index (κ3) is 1.81. The Bertz CT molecular complexity index is 311. The van der Waals surface area contributed by atoms with Gasteiger partial charge in [-0.2, -0.15) is 5.10 Å². The van der Waals surface area contributed by atoms with Crippen molar-refractivity contribution in [2.45, 2.75) is 25.6 Å². The molecule has 1 aromatic rings. The highest BCUT2D eigenvalue weighted by molar-refractivity contribution is 5.09. The van der Waals surface area contributed by atoms with Gasteiger partial charge in [-0.15, -0.1) is 0 Å². The molecule has 1 aliphatic rings. The van der Waals surface area contributed by atoms with Crippen LogP contribution in [0.15, 0.2) is 12.4 Å². The minimum absolute atomic E-state index is 0.217. The first-order valence-corrected chi connectivity index (χ1v) is 4.95. The van der Waals surface area contributed by atoms with E-state index in [-0.39, 0.29) is 12.0 Å². The molecule has 4 heteroatoms. The Labute approximate surface area is 83.5 Å². The van der Waals surface area contributed by atoms with Gasteiger partial charge in [0.2, 0.25) is 0 Å². The molecule has 2 rings (SSSR count). The van der Waals surface area contributed by atoms with Crippen LogP contribution in [0.4, 0.5) is 0 Å². The first-order chi connectivity index (χ1) is 6.66.